The third-order valence-corrected chi connectivity index (χ3v) is 2.47. The van der Waals surface area contributed by atoms with Crippen molar-refractivity contribution in [2.24, 2.45) is 0 Å². The van der Waals surface area contributed by atoms with Gasteiger partial charge in [-0.05, 0) is 13.0 Å². The molecule has 0 aromatic heterocycles. The molecule has 0 saturated carbocycles. The van der Waals surface area contributed by atoms with Gasteiger partial charge in [-0.2, -0.15) is 0 Å². The normalized spacial score (nSPS) is 11.6. The van der Waals surface area contributed by atoms with Crippen molar-refractivity contribution in [1.82, 2.24) is 10.1 Å². The summed E-state index contributed by atoms with van der Waals surface area (Å²) in [4.78, 5) is 1.98. The Hall–Kier alpha value is 0.110. The molecule has 0 aliphatic carbocycles. The highest BCUT2D eigenvalue weighted by Gasteiger charge is 2.03. The molecule has 15 heavy (non-hydrogen) atoms. The molecule has 7 heteroatoms. The van der Waals surface area contributed by atoms with Crippen molar-refractivity contribution in [2.75, 3.05) is 45.6 Å². The second-order valence-corrected chi connectivity index (χ2v) is 3.80. The standard InChI is InChI=1S/C8H20N2O4S/c1-9(13)14-15-8-2-3-10(4-6-11)5-7-12/h11-13H,2-8H2,1H3. The number of nitrogens with zero attached hydrogens (tertiary/aromatic N) is 2. The van der Waals surface area contributed by atoms with Crippen LogP contribution in [0.2, 0.25) is 0 Å². The van der Waals surface area contributed by atoms with Crippen molar-refractivity contribution in [3.8, 4) is 0 Å². The molecular weight excluding hydrogens is 220 g/mol. The maximum absolute atomic E-state index is 8.75. The zero-order valence-corrected chi connectivity index (χ0v) is 9.82. The molecule has 0 unspecified atom stereocenters. The van der Waals surface area contributed by atoms with Crippen molar-refractivity contribution in [3.63, 3.8) is 0 Å². The average Bonchev–Trinajstić information content (AvgIpc) is 2.17. The van der Waals surface area contributed by atoms with Gasteiger partial charge >= 0.3 is 0 Å². The fraction of sp³-hybridized carbons (Fsp3) is 1.00. The molecular formula is C8H20N2O4S. The Kier molecular flexibility index (Phi) is 10.7. The van der Waals surface area contributed by atoms with E-state index in [0.717, 1.165) is 30.8 Å². The van der Waals surface area contributed by atoms with Gasteiger partial charge in [0.1, 0.15) is 0 Å². The number of aliphatic hydroxyl groups is 2. The summed E-state index contributed by atoms with van der Waals surface area (Å²) in [5.41, 5.74) is 0. The first-order valence-corrected chi connectivity index (χ1v) is 5.78. The Morgan fingerprint density at radius 2 is 1.73 bits per heavy atom. The summed E-state index contributed by atoms with van der Waals surface area (Å²) in [5, 5.41) is 26.8. The summed E-state index contributed by atoms with van der Waals surface area (Å²) in [7, 11) is 1.40. The Morgan fingerprint density at radius 1 is 1.13 bits per heavy atom. The summed E-state index contributed by atoms with van der Waals surface area (Å²) in [6.07, 6.45) is 0.874. The molecule has 0 spiro atoms. The van der Waals surface area contributed by atoms with Crippen LogP contribution in [0.25, 0.3) is 0 Å². The molecule has 0 radical (unpaired) electrons. The number of aliphatic hydroxyl groups excluding tert-OH is 2. The SMILES string of the molecule is CN(O)OSCCCN(CCO)CCO. The summed E-state index contributed by atoms with van der Waals surface area (Å²) in [6.45, 7) is 2.15. The molecule has 0 aliphatic rings. The van der Waals surface area contributed by atoms with E-state index in [4.69, 9.17) is 19.7 Å². The van der Waals surface area contributed by atoms with Gasteiger partial charge in [0.15, 0.2) is 0 Å². The third-order valence-electron chi connectivity index (χ3n) is 1.70. The van der Waals surface area contributed by atoms with E-state index in [1.807, 2.05) is 4.90 Å². The summed E-state index contributed by atoms with van der Waals surface area (Å²) in [5.74, 6) is 0.748. The third kappa shape index (κ3) is 10.4. The molecule has 0 fully saturated rings. The van der Waals surface area contributed by atoms with Crippen LogP contribution in [0.5, 0.6) is 0 Å². The number of hydroxylamine groups is 2. The minimum absolute atomic E-state index is 0.100. The number of hydrogen-bond acceptors (Lipinski definition) is 7. The first-order chi connectivity index (χ1) is 7.20. The maximum Gasteiger partial charge on any atom is 0.0558 e. The smallest absolute Gasteiger partial charge is 0.0558 e. The fourth-order valence-electron chi connectivity index (χ4n) is 1.08. The highest BCUT2D eigenvalue weighted by molar-refractivity contribution is 7.94. The van der Waals surface area contributed by atoms with Crippen LogP contribution >= 0.6 is 12.0 Å². The van der Waals surface area contributed by atoms with E-state index in [0.29, 0.717) is 18.3 Å². The van der Waals surface area contributed by atoms with Crippen LogP contribution in [-0.4, -0.2) is 71.2 Å². The van der Waals surface area contributed by atoms with E-state index in [9.17, 15) is 0 Å². The molecule has 0 atom stereocenters. The zero-order chi connectivity index (χ0) is 11.5. The Bertz CT molecular complexity index is 134. The molecule has 0 aromatic rings. The van der Waals surface area contributed by atoms with Crippen LogP contribution in [0.1, 0.15) is 6.42 Å². The lowest BCUT2D eigenvalue weighted by Gasteiger charge is -2.19. The highest BCUT2D eigenvalue weighted by Crippen LogP contribution is 2.05. The summed E-state index contributed by atoms with van der Waals surface area (Å²) < 4.78 is 4.73. The molecule has 0 heterocycles. The lowest BCUT2D eigenvalue weighted by atomic mass is 10.4. The van der Waals surface area contributed by atoms with Gasteiger partial charge in [0.05, 0.1) is 13.2 Å². The molecule has 0 rings (SSSR count). The zero-order valence-electron chi connectivity index (χ0n) is 9.00. The Morgan fingerprint density at radius 3 is 2.20 bits per heavy atom. The van der Waals surface area contributed by atoms with Gasteiger partial charge in [-0.15, -0.1) is 0 Å². The van der Waals surface area contributed by atoms with Gasteiger partial charge in [-0.3, -0.25) is 10.1 Å². The first kappa shape index (κ1) is 15.1. The van der Waals surface area contributed by atoms with E-state index in [2.05, 4.69) is 0 Å². The van der Waals surface area contributed by atoms with Crippen molar-refractivity contribution in [2.45, 2.75) is 6.42 Å². The molecule has 92 valence electrons. The Labute approximate surface area is 94.5 Å². The van der Waals surface area contributed by atoms with Crippen molar-refractivity contribution in [1.29, 1.82) is 0 Å². The van der Waals surface area contributed by atoms with E-state index in [1.165, 1.54) is 7.05 Å². The topological polar surface area (TPSA) is 76.4 Å². The van der Waals surface area contributed by atoms with E-state index < -0.39 is 0 Å². The molecule has 0 aromatic carbocycles. The first-order valence-electron chi connectivity index (χ1n) is 4.87. The van der Waals surface area contributed by atoms with Gasteiger partial charge in [0.25, 0.3) is 0 Å². The summed E-state index contributed by atoms with van der Waals surface area (Å²) >= 11 is 1.16. The van der Waals surface area contributed by atoms with Crippen molar-refractivity contribution in [3.05, 3.63) is 0 Å². The van der Waals surface area contributed by atoms with Crippen molar-refractivity contribution < 1.29 is 19.7 Å². The van der Waals surface area contributed by atoms with Crippen LogP contribution in [0.4, 0.5) is 0 Å². The predicted molar refractivity (Wildman–Crippen MR) is 58.3 cm³/mol. The average molecular weight is 240 g/mol. The van der Waals surface area contributed by atoms with Crippen LogP contribution in [0.3, 0.4) is 0 Å². The van der Waals surface area contributed by atoms with Crippen LogP contribution in [0.15, 0.2) is 0 Å². The lowest BCUT2D eigenvalue weighted by Crippen LogP contribution is -2.31. The highest BCUT2D eigenvalue weighted by atomic mass is 32.2. The number of hydrogen-bond donors (Lipinski definition) is 3. The van der Waals surface area contributed by atoms with Crippen LogP contribution < -0.4 is 0 Å². The van der Waals surface area contributed by atoms with E-state index >= 15 is 0 Å². The predicted octanol–water partition coefficient (Wildman–Crippen LogP) is -0.436. The Balaban J connectivity index is 3.36. The lowest BCUT2D eigenvalue weighted by molar-refractivity contribution is -0.252. The molecule has 0 saturated heterocycles. The van der Waals surface area contributed by atoms with Crippen molar-refractivity contribution >= 4 is 12.0 Å². The molecule has 6 nitrogen and oxygen atoms in total. The fourth-order valence-corrected chi connectivity index (χ4v) is 1.55. The molecule has 0 bridgehead atoms. The minimum atomic E-state index is 0.100. The van der Waals surface area contributed by atoms with Gasteiger partial charge in [0.2, 0.25) is 0 Å². The van der Waals surface area contributed by atoms with Gasteiger partial charge in [-0.1, -0.05) is 5.23 Å². The van der Waals surface area contributed by atoms with Gasteiger partial charge in [0, 0.05) is 37.9 Å². The molecule has 0 amide bonds. The minimum Gasteiger partial charge on any atom is -0.395 e. The van der Waals surface area contributed by atoms with Crippen LogP contribution in [-0.2, 0) is 4.28 Å². The van der Waals surface area contributed by atoms with E-state index in [1.54, 1.807) is 0 Å². The summed E-state index contributed by atoms with van der Waals surface area (Å²) in [6, 6.07) is 0. The second-order valence-electron chi connectivity index (χ2n) is 3.00. The van der Waals surface area contributed by atoms with Gasteiger partial charge in [-0.25, -0.2) is 4.28 Å². The van der Waals surface area contributed by atoms with Gasteiger partial charge < -0.3 is 10.2 Å². The molecule has 0 aliphatic heterocycles. The van der Waals surface area contributed by atoms with Crippen LogP contribution in [0, 0.1) is 0 Å². The van der Waals surface area contributed by atoms with E-state index in [-0.39, 0.29) is 13.2 Å². The largest absolute Gasteiger partial charge is 0.395 e. The molecule has 3 N–H and O–H groups in total. The maximum atomic E-state index is 8.75. The monoisotopic (exact) mass is 240 g/mol. The second kappa shape index (κ2) is 10.6. The quantitative estimate of drug-likeness (QED) is 0.271. The number of rotatable bonds is 10.